The summed E-state index contributed by atoms with van der Waals surface area (Å²) in [5.74, 6) is 2.65. The summed E-state index contributed by atoms with van der Waals surface area (Å²) in [5, 5.41) is 0.943. The Balaban J connectivity index is 1.46. The molecule has 1 aromatic heterocycles. The lowest BCUT2D eigenvalue weighted by atomic mass is 10.1. The number of benzene rings is 4. The summed E-state index contributed by atoms with van der Waals surface area (Å²) in [4.78, 5) is 0.871. The minimum atomic E-state index is -0.410. The summed E-state index contributed by atoms with van der Waals surface area (Å²) in [6, 6.07) is 28.2. The molecule has 0 unspecified atom stereocenters. The highest BCUT2D eigenvalue weighted by molar-refractivity contribution is 7.22. The van der Waals surface area contributed by atoms with Crippen LogP contribution in [-0.2, 0) is 6.61 Å². The lowest BCUT2D eigenvalue weighted by Crippen LogP contribution is -1.95. The molecule has 0 aliphatic carbocycles. The molecule has 0 N–H and O–H groups in total. The van der Waals surface area contributed by atoms with E-state index in [2.05, 4.69) is 0 Å². The van der Waals surface area contributed by atoms with Crippen LogP contribution in [0.5, 0.6) is 28.7 Å². The van der Waals surface area contributed by atoms with Crippen LogP contribution in [0.25, 0.3) is 20.5 Å². The molecule has 0 atom stereocenters. The van der Waals surface area contributed by atoms with Crippen molar-refractivity contribution in [2.75, 3.05) is 14.2 Å². The standard InChI is InChI=1S/C29H23FO4S/c1-31-23-13-14-24-27(17-23)35-29(20-8-15-25(30)26(16-20)32-2)28(24)34-22-11-9-21(10-12-22)33-18-19-6-4-3-5-7-19/h3-17H,18H2,1-2H3. The number of methoxy groups -OCH3 is 2. The fourth-order valence-electron chi connectivity index (χ4n) is 3.74. The molecule has 176 valence electrons. The van der Waals surface area contributed by atoms with Crippen LogP contribution in [0.2, 0.25) is 0 Å². The molecule has 0 radical (unpaired) electrons. The molecule has 0 fully saturated rings. The lowest BCUT2D eigenvalue weighted by molar-refractivity contribution is 0.306. The maximum Gasteiger partial charge on any atom is 0.165 e. The highest BCUT2D eigenvalue weighted by Gasteiger charge is 2.18. The van der Waals surface area contributed by atoms with Gasteiger partial charge in [0.15, 0.2) is 17.3 Å². The van der Waals surface area contributed by atoms with Crippen molar-refractivity contribution in [3.63, 3.8) is 0 Å². The van der Waals surface area contributed by atoms with Crippen molar-refractivity contribution in [1.29, 1.82) is 0 Å². The molecule has 5 aromatic rings. The Morgan fingerprint density at radius 1 is 0.743 bits per heavy atom. The number of thiophene rings is 1. The molecule has 1 heterocycles. The van der Waals surface area contributed by atoms with E-state index in [0.29, 0.717) is 18.1 Å². The predicted molar refractivity (Wildman–Crippen MR) is 138 cm³/mol. The Kier molecular flexibility index (Phi) is 6.55. The second-order valence-electron chi connectivity index (χ2n) is 7.82. The van der Waals surface area contributed by atoms with Crippen molar-refractivity contribution < 1.29 is 23.3 Å². The lowest BCUT2D eigenvalue weighted by Gasteiger charge is -2.11. The van der Waals surface area contributed by atoms with Crippen LogP contribution in [-0.4, -0.2) is 14.2 Å². The molecular formula is C29H23FO4S. The molecule has 4 aromatic carbocycles. The van der Waals surface area contributed by atoms with Gasteiger partial charge in [0.05, 0.1) is 19.1 Å². The van der Waals surface area contributed by atoms with Gasteiger partial charge in [0.2, 0.25) is 0 Å². The van der Waals surface area contributed by atoms with E-state index in [-0.39, 0.29) is 5.75 Å². The molecule has 6 heteroatoms. The summed E-state index contributed by atoms with van der Waals surface area (Å²) >= 11 is 1.55. The van der Waals surface area contributed by atoms with Gasteiger partial charge in [-0.15, -0.1) is 11.3 Å². The minimum absolute atomic E-state index is 0.184. The number of hydrogen-bond donors (Lipinski definition) is 0. The first kappa shape index (κ1) is 22.7. The smallest absolute Gasteiger partial charge is 0.165 e. The Hall–Kier alpha value is -4.03. The van der Waals surface area contributed by atoms with Crippen molar-refractivity contribution in [3.05, 3.63) is 102 Å². The molecule has 0 saturated carbocycles. The zero-order chi connectivity index (χ0) is 24.2. The zero-order valence-electron chi connectivity index (χ0n) is 19.3. The Labute approximate surface area is 207 Å². The highest BCUT2D eigenvalue weighted by atomic mass is 32.1. The number of halogens is 1. The zero-order valence-corrected chi connectivity index (χ0v) is 20.1. The van der Waals surface area contributed by atoms with Crippen molar-refractivity contribution in [1.82, 2.24) is 0 Å². The second kappa shape index (κ2) is 10.1. The van der Waals surface area contributed by atoms with E-state index in [1.54, 1.807) is 30.6 Å². The van der Waals surface area contributed by atoms with Crippen LogP contribution in [0.1, 0.15) is 5.56 Å². The number of fused-ring (bicyclic) bond motifs is 1. The van der Waals surface area contributed by atoms with Gasteiger partial charge in [-0.1, -0.05) is 36.4 Å². The third kappa shape index (κ3) is 4.93. The molecule has 0 aliphatic heterocycles. The van der Waals surface area contributed by atoms with Gasteiger partial charge in [0.25, 0.3) is 0 Å². The van der Waals surface area contributed by atoms with Crippen molar-refractivity contribution >= 4 is 21.4 Å². The average Bonchev–Trinajstić information content (AvgIpc) is 3.26. The molecule has 0 spiro atoms. The molecule has 0 bridgehead atoms. The van der Waals surface area contributed by atoms with Crippen LogP contribution < -0.4 is 18.9 Å². The third-order valence-electron chi connectivity index (χ3n) is 5.56. The minimum Gasteiger partial charge on any atom is -0.497 e. The quantitative estimate of drug-likeness (QED) is 0.222. The summed E-state index contributed by atoms with van der Waals surface area (Å²) in [7, 11) is 3.09. The van der Waals surface area contributed by atoms with Gasteiger partial charge >= 0.3 is 0 Å². The average molecular weight is 487 g/mol. The predicted octanol–water partition coefficient (Wildman–Crippen LogP) is 8.10. The SMILES string of the molecule is COc1ccc2c(Oc3ccc(OCc4ccccc4)cc3)c(-c3ccc(F)c(OC)c3)sc2c1. The monoisotopic (exact) mass is 486 g/mol. The first-order valence-corrected chi connectivity index (χ1v) is 11.9. The van der Waals surface area contributed by atoms with Crippen LogP contribution in [0.15, 0.2) is 91.0 Å². The van der Waals surface area contributed by atoms with Crippen LogP contribution >= 0.6 is 11.3 Å². The van der Waals surface area contributed by atoms with Crippen molar-refractivity contribution in [2.24, 2.45) is 0 Å². The first-order valence-electron chi connectivity index (χ1n) is 11.0. The van der Waals surface area contributed by atoms with Gasteiger partial charge in [-0.2, -0.15) is 0 Å². The third-order valence-corrected chi connectivity index (χ3v) is 6.74. The van der Waals surface area contributed by atoms with E-state index in [4.69, 9.17) is 18.9 Å². The van der Waals surface area contributed by atoms with E-state index in [0.717, 1.165) is 37.6 Å². The normalized spacial score (nSPS) is 10.8. The molecule has 35 heavy (non-hydrogen) atoms. The van der Waals surface area contributed by atoms with E-state index in [1.165, 1.54) is 13.2 Å². The second-order valence-corrected chi connectivity index (χ2v) is 8.87. The molecule has 4 nitrogen and oxygen atoms in total. The summed E-state index contributed by atoms with van der Waals surface area (Å²) < 4.78 is 37.9. The van der Waals surface area contributed by atoms with E-state index in [1.807, 2.05) is 72.8 Å². The van der Waals surface area contributed by atoms with Gasteiger partial charge < -0.3 is 18.9 Å². The maximum absolute atomic E-state index is 14.1. The van der Waals surface area contributed by atoms with Gasteiger partial charge in [-0.3, -0.25) is 0 Å². The topological polar surface area (TPSA) is 36.9 Å². The summed E-state index contributed by atoms with van der Waals surface area (Å²) in [6.45, 7) is 0.495. The van der Waals surface area contributed by atoms with Crippen LogP contribution in [0.4, 0.5) is 4.39 Å². The Bertz CT molecular complexity index is 1450. The first-order chi connectivity index (χ1) is 17.1. The summed E-state index contributed by atoms with van der Waals surface area (Å²) in [6.07, 6.45) is 0. The van der Waals surface area contributed by atoms with E-state index in [9.17, 15) is 4.39 Å². The molecule has 0 amide bonds. The number of rotatable bonds is 8. The molecule has 5 rings (SSSR count). The molecule has 0 aliphatic rings. The summed E-state index contributed by atoms with van der Waals surface area (Å²) in [5.41, 5.74) is 1.91. The van der Waals surface area contributed by atoms with Gasteiger partial charge in [0.1, 0.15) is 23.9 Å². The number of ether oxygens (including phenoxy) is 4. The Morgan fingerprint density at radius 3 is 2.23 bits per heavy atom. The van der Waals surface area contributed by atoms with Gasteiger partial charge in [0, 0.05) is 10.1 Å². The van der Waals surface area contributed by atoms with Gasteiger partial charge in [-0.05, 0) is 65.7 Å². The van der Waals surface area contributed by atoms with Crippen molar-refractivity contribution in [2.45, 2.75) is 6.61 Å². The highest BCUT2D eigenvalue weighted by Crippen LogP contribution is 2.48. The molecule has 0 saturated heterocycles. The maximum atomic E-state index is 14.1. The van der Waals surface area contributed by atoms with Crippen LogP contribution in [0.3, 0.4) is 0 Å². The fourth-order valence-corrected chi connectivity index (χ4v) is 4.89. The fraction of sp³-hybridized carbons (Fsp3) is 0.103. The van der Waals surface area contributed by atoms with Gasteiger partial charge in [-0.25, -0.2) is 4.39 Å². The van der Waals surface area contributed by atoms with Crippen molar-refractivity contribution in [3.8, 4) is 39.2 Å². The number of hydrogen-bond acceptors (Lipinski definition) is 5. The Morgan fingerprint density at radius 2 is 1.49 bits per heavy atom. The molecular weight excluding hydrogens is 463 g/mol. The van der Waals surface area contributed by atoms with E-state index < -0.39 is 5.82 Å². The van der Waals surface area contributed by atoms with E-state index >= 15 is 0 Å². The largest absolute Gasteiger partial charge is 0.497 e. The van der Waals surface area contributed by atoms with Crippen LogP contribution in [0, 0.1) is 5.82 Å².